The predicted molar refractivity (Wildman–Crippen MR) is 132 cm³/mol. The van der Waals surface area contributed by atoms with Gasteiger partial charge in [0.2, 0.25) is 12.3 Å². The van der Waals surface area contributed by atoms with Crippen molar-refractivity contribution in [2.45, 2.75) is 52.2 Å². The summed E-state index contributed by atoms with van der Waals surface area (Å²) in [6.45, 7) is 6.58. The number of amides is 2. The molecule has 2 amide bonds. The van der Waals surface area contributed by atoms with Gasteiger partial charge in [-0.15, -0.1) is 0 Å². The maximum Gasteiger partial charge on any atom is 0.254 e. The van der Waals surface area contributed by atoms with Crippen LogP contribution in [0.25, 0.3) is 0 Å². The molecule has 9 heteroatoms. The molecule has 3 unspecified atom stereocenters. The molecule has 1 saturated carbocycles. The lowest BCUT2D eigenvalue weighted by Gasteiger charge is -2.40. The molecule has 1 aromatic rings. The van der Waals surface area contributed by atoms with Gasteiger partial charge in [-0.1, -0.05) is 12.2 Å². The van der Waals surface area contributed by atoms with E-state index in [2.05, 4.69) is 46.7 Å². The molecule has 8 nitrogen and oxygen atoms in total. The first-order valence-corrected chi connectivity index (χ1v) is 12.1. The number of nitrogens with one attached hydrogen (secondary N) is 2. The van der Waals surface area contributed by atoms with Gasteiger partial charge in [0.05, 0.1) is 5.56 Å². The number of carbonyl (C=O) groups excluding carboxylic acids is 2. The number of halogens is 1. The third kappa shape index (κ3) is 5.19. The number of allylic oxidation sites excluding steroid dienone is 3. The Morgan fingerprint density at radius 3 is 2.69 bits per heavy atom. The Morgan fingerprint density at radius 2 is 2.11 bits per heavy atom. The molecule has 3 aliphatic rings. The molecule has 35 heavy (non-hydrogen) atoms. The summed E-state index contributed by atoms with van der Waals surface area (Å²) in [5, 5.41) is 15.2. The Balaban J connectivity index is 1.38. The lowest BCUT2D eigenvalue weighted by molar-refractivity contribution is -0.120. The topological polar surface area (TPSA) is 88.1 Å². The number of carbonyl (C=O) groups is 2. The molecule has 0 bridgehead atoms. The van der Waals surface area contributed by atoms with E-state index in [9.17, 15) is 19.1 Å². The SMILES string of the molecule is C/C=C\N(CCNC(=O)c1ccc(N2C(O)NC(=O)C2C)cc1F)C1C(C)=CC(C2CC2)=CN1C. The molecule has 3 N–H and O–H groups in total. The predicted octanol–water partition coefficient (Wildman–Crippen LogP) is 2.50. The second-order valence-corrected chi connectivity index (χ2v) is 9.44. The molecule has 1 saturated heterocycles. The van der Waals surface area contributed by atoms with Crippen LogP contribution in [0.1, 0.15) is 44.0 Å². The van der Waals surface area contributed by atoms with Crippen LogP contribution in [-0.2, 0) is 4.79 Å². The highest BCUT2D eigenvalue weighted by Gasteiger charge is 2.36. The number of benzene rings is 1. The van der Waals surface area contributed by atoms with Crippen molar-refractivity contribution >= 4 is 17.5 Å². The van der Waals surface area contributed by atoms with Gasteiger partial charge in [0, 0.05) is 32.0 Å². The molecule has 3 atom stereocenters. The number of likely N-dealkylation sites (N-methyl/N-ethyl adjacent to an activating group) is 1. The molecule has 0 radical (unpaired) electrons. The van der Waals surface area contributed by atoms with Crippen molar-refractivity contribution in [2.75, 3.05) is 25.0 Å². The molecule has 0 aromatic heterocycles. The summed E-state index contributed by atoms with van der Waals surface area (Å²) in [7, 11) is 2.07. The van der Waals surface area contributed by atoms with Crippen LogP contribution >= 0.6 is 0 Å². The van der Waals surface area contributed by atoms with Gasteiger partial charge < -0.3 is 30.4 Å². The number of anilines is 1. The Morgan fingerprint density at radius 1 is 1.37 bits per heavy atom. The average Bonchev–Trinajstić information content (AvgIpc) is 3.60. The minimum absolute atomic E-state index is 0.0480. The highest BCUT2D eigenvalue weighted by Crippen LogP contribution is 2.40. The molecule has 2 heterocycles. The third-order valence-corrected chi connectivity index (χ3v) is 6.73. The van der Waals surface area contributed by atoms with Crippen molar-refractivity contribution in [3.8, 4) is 0 Å². The quantitative estimate of drug-likeness (QED) is 0.527. The maximum atomic E-state index is 14.8. The standard InChI is InChI=1S/C26H34FN5O3/c1-5-11-31(25-16(2)13-19(15-30(25)4)18-6-7-18)12-10-28-24(34)21-9-8-20(14-22(21)27)32-17(3)23(33)29-26(32)35/h5,8-9,11,13-15,17-18,25-26,35H,6-7,10,12H2,1-4H3,(H,28,34)(H,29,33)/b11-5-. The van der Waals surface area contributed by atoms with Gasteiger partial charge in [0.25, 0.3) is 5.91 Å². The molecular weight excluding hydrogens is 449 g/mol. The van der Waals surface area contributed by atoms with E-state index in [0.717, 1.165) is 6.07 Å². The van der Waals surface area contributed by atoms with E-state index in [1.807, 2.05) is 19.2 Å². The number of nitrogens with zero attached hydrogens (tertiary/aromatic N) is 3. The van der Waals surface area contributed by atoms with E-state index >= 15 is 0 Å². The third-order valence-electron chi connectivity index (χ3n) is 6.73. The van der Waals surface area contributed by atoms with Crippen molar-refractivity contribution in [2.24, 2.45) is 5.92 Å². The summed E-state index contributed by atoms with van der Waals surface area (Å²) in [6.07, 6.45) is 9.78. The highest BCUT2D eigenvalue weighted by molar-refractivity contribution is 5.95. The van der Waals surface area contributed by atoms with E-state index in [0.29, 0.717) is 24.7 Å². The number of hydrogen-bond donors (Lipinski definition) is 3. The zero-order valence-corrected chi connectivity index (χ0v) is 20.7. The van der Waals surface area contributed by atoms with Gasteiger partial charge >= 0.3 is 0 Å². The van der Waals surface area contributed by atoms with E-state index in [4.69, 9.17) is 0 Å². The van der Waals surface area contributed by atoms with Crippen molar-refractivity contribution < 1.29 is 19.1 Å². The van der Waals surface area contributed by atoms with Crippen LogP contribution in [-0.4, -0.2) is 65.4 Å². The first-order chi connectivity index (χ1) is 16.7. The van der Waals surface area contributed by atoms with E-state index in [-0.39, 0.29) is 17.6 Å². The normalized spacial score (nSPS) is 24.4. The summed E-state index contributed by atoms with van der Waals surface area (Å²) in [5.41, 5.74) is 2.85. The molecule has 188 valence electrons. The Labute approximate surface area is 205 Å². The monoisotopic (exact) mass is 483 g/mol. The molecule has 4 rings (SSSR count). The highest BCUT2D eigenvalue weighted by atomic mass is 19.1. The van der Waals surface area contributed by atoms with E-state index in [1.165, 1.54) is 41.0 Å². The number of hydrogen-bond acceptors (Lipinski definition) is 6. The van der Waals surface area contributed by atoms with Crippen LogP contribution in [0.4, 0.5) is 10.1 Å². The second-order valence-electron chi connectivity index (χ2n) is 9.44. The summed E-state index contributed by atoms with van der Waals surface area (Å²) >= 11 is 0. The second kappa shape index (κ2) is 10.1. The first-order valence-electron chi connectivity index (χ1n) is 12.1. The summed E-state index contributed by atoms with van der Waals surface area (Å²) in [4.78, 5) is 30.2. The number of aliphatic hydroxyl groups is 1. The largest absolute Gasteiger partial charge is 0.357 e. The fourth-order valence-electron chi connectivity index (χ4n) is 4.87. The summed E-state index contributed by atoms with van der Waals surface area (Å²) in [6, 6.07) is 3.42. The van der Waals surface area contributed by atoms with Gasteiger partial charge in [-0.3, -0.25) is 9.59 Å². The Kier molecular flexibility index (Phi) is 7.16. The Bertz CT molecular complexity index is 1080. The van der Waals surface area contributed by atoms with Crippen molar-refractivity contribution in [3.63, 3.8) is 0 Å². The Hall–Kier alpha value is -3.33. The number of rotatable bonds is 8. The lowest BCUT2D eigenvalue weighted by Crippen LogP contribution is -2.46. The summed E-state index contributed by atoms with van der Waals surface area (Å²) < 4.78 is 14.8. The van der Waals surface area contributed by atoms with Gasteiger partial charge in [0.15, 0.2) is 0 Å². The van der Waals surface area contributed by atoms with Crippen LogP contribution < -0.4 is 15.5 Å². The fraction of sp³-hybridized carbons (Fsp3) is 0.462. The number of aliphatic hydroxyl groups excluding tert-OH is 1. The van der Waals surface area contributed by atoms with Gasteiger partial charge in [-0.2, -0.15) is 0 Å². The molecule has 1 aliphatic carbocycles. The molecule has 0 spiro atoms. The van der Waals surface area contributed by atoms with Gasteiger partial charge in [-0.25, -0.2) is 4.39 Å². The zero-order chi connectivity index (χ0) is 25.3. The molecule has 2 aliphatic heterocycles. The average molecular weight is 484 g/mol. The van der Waals surface area contributed by atoms with Crippen molar-refractivity contribution in [3.05, 3.63) is 65.3 Å². The zero-order valence-electron chi connectivity index (χ0n) is 20.7. The van der Waals surface area contributed by atoms with E-state index in [1.54, 1.807) is 6.92 Å². The molecule has 1 aromatic carbocycles. The minimum atomic E-state index is -1.24. The van der Waals surface area contributed by atoms with Crippen LogP contribution in [0.15, 0.2) is 53.9 Å². The van der Waals surface area contributed by atoms with Crippen LogP contribution in [0.5, 0.6) is 0 Å². The first kappa shape index (κ1) is 24.8. The lowest BCUT2D eigenvalue weighted by atomic mass is 10.0. The summed E-state index contributed by atoms with van der Waals surface area (Å²) in [5.74, 6) is -0.900. The smallest absolute Gasteiger partial charge is 0.254 e. The maximum absolute atomic E-state index is 14.8. The fourth-order valence-corrected chi connectivity index (χ4v) is 4.87. The van der Waals surface area contributed by atoms with Gasteiger partial charge in [0.1, 0.15) is 18.0 Å². The molecule has 2 fully saturated rings. The van der Waals surface area contributed by atoms with Crippen molar-refractivity contribution in [1.82, 2.24) is 20.4 Å². The minimum Gasteiger partial charge on any atom is -0.357 e. The van der Waals surface area contributed by atoms with Crippen molar-refractivity contribution in [1.29, 1.82) is 0 Å². The van der Waals surface area contributed by atoms with E-state index < -0.39 is 24.1 Å². The molecular formula is C26H34FN5O3. The van der Waals surface area contributed by atoms with Gasteiger partial charge in [-0.05, 0) is 75.1 Å². The van der Waals surface area contributed by atoms with Crippen LogP contribution in [0.2, 0.25) is 0 Å². The van der Waals surface area contributed by atoms with Crippen LogP contribution in [0.3, 0.4) is 0 Å². The van der Waals surface area contributed by atoms with Crippen LogP contribution in [0, 0.1) is 11.7 Å².